The number of nitrogens with zero attached hydrogens (tertiary/aromatic N) is 1. The van der Waals surface area contributed by atoms with E-state index in [2.05, 4.69) is 10.2 Å². The van der Waals surface area contributed by atoms with Crippen molar-refractivity contribution >= 4 is 12.4 Å². The van der Waals surface area contributed by atoms with E-state index in [1.54, 1.807) is 0 Å². The molecule has 1 aromatic rings. The number of halogens is 5. The Morgan fingerprint density at radius 3 is 2.39 bits per heavy atom. The van der Waals surface area contributed by atoms with Crippen LogP contribution in [0.1, 0.15) is 30.4 Å². The second-order valence-corrected chi connectivity index (χ2v) is 5.96. The Bertz CT molecular complexity index is 485. The van der Waals surface area contributed by atoms with Crippen LogP contribution in [0.5, 0.6) is 0 Å². The predicted octanol–water partition coefficient (Wildman–Crippen LogP) is 4.09. The summed E-state index contributed by atoms with van der Waals surface area (Å²) in [5, 5.41) is 3.13. The molecule has 2 rings (SSSR count). The molecule has 7 heteroatoms. The van der Waals surface area contributed by atoms with Gasteiger partial charge in [-0.05, 0) is 75.6 Å². The van der Waals surface area contributed by atoms with Crippen molar-refractivity contribution < 1.29 is 17.6 Å². The van der Waals surface area contributed by atoms with E-state index in [0.29, 0.717) is 24.1 Å². The van der Waals surface area contributed by atoms with Crippen molar-refractivity contribution in [1.82, 2.24) is 10.2 Å². The Morgan fingerprint density at radius 2 is 1.83 bits per heavy atom. The summed E-state index contributed by atoms with van der Waals surface area (Å²) in [5.41, 5.74) is -0.521. The van der Waals surface area contributed by atoms with Crippen molar-refractivity contribution in [3.05, 3.63) is 35.1 Å². The zero-order valence-corrected chi connectivity index (χ0v) is 13.9. The minimum atomic E-state index is -4.50. The maximum absolute atomic E-state index is 13.4. The lowest BCUT2D eigenvalue weighted by atomic mass is 9.93. The molecule has 1 aromatic carbocycles. The van der Waals surface area contributed by atoms with E-state index in [4.69, 9.17) is 0 Å². The summed E-state index contributed by atoms with van der Waals surface area (Å²) in [6.45, 7) is 3.07. The van der Waals surface area contributed by atoms with E-state index < -0.39 is 17.6 Å². The Labute approximate surface area is 140 Å². The van der Waals surface area contributed by atoms with Gasteiger partial charge in [0, 0.05) is 6.54 Å². The van der Waals surface area contributed by atoms with Crippen molar-refractivity contribution in [3.8, 4) is 0 Å². The average molecular weight is 355 g/mol. The molecule has 1 saturated heterocycles. The molecule has 0 amide bonds. The quantitative estimate of drug-likeness (QED) is 0.801. The van der Waals surface area contributed by atoms with Gasteiger partial charge in [0.15, 0.2) is 0 Å². The number of hydrogen-bond donors (Lipinski definition) is 1. The molecule has 1 aliphatic heterocycles. The monoisotopic (exact) mass is 354 g/mol. The lowest BCUT2D eigenvalue weighted by molar-refractivity contribution is -0.137. The Hall–Kier alpha value is -0.850. The molecule has 0 aliphatic carbocycles. The maximum atomic E-state index is 13.4. The summed E-state index contributed by atoms with van der Waals surface area (Å²) >= 11 is 0. The number of alkyl halides is 3. The first-order valence-corrected chi connectivity index (χ1v) is 7.62. The molecule has 0 atom stereocenters. The third-order valence-corrected chi connectivity index (χ3v) is 4.20. The fourth-order valence-corrected chi connectivity index (χ4v) is 2.95. The van der Waals surface area contributed by atoms with Gasteiger partial charge in [-0.25, -0.2) is 4.39 Å². The average Bonchev–Trinajstić information content (AvgIpc) is 2.45. The largest absolute Gasteiger partial charge is 0.416 e. The summed E-state index contributed by atoms with van der Waals surface area (Å²) in [6, 6.07) is 2.80. The summed E-state index contributed by atoms with van der Waals surface area (Å²) in [7, 11) is 1.93. The molecule has 23 heavy (non-hydrogen) atoms. The summed E-state index contributed by atoms with van der Waals surface area (Å²) in [6.07, 6.45) is -1.29. The van der Waals surface area contributed by atoms with Gasteiger partial charge >= 0.3 is 6.18 Å². The molecule has 0 saturated carbocycles. The molecule has 1 N–H and O–H groups in total. The Morgan fingerprint density at radius 1 is 1.17 bits per heavy atom. The first-order chi connectivity index (χ1) is 10.4. The van der Waals surface area contributed by atoms with Crippen LogP contribution < -0.4 is 5.32 Å². The second kappa shape index (κ2) is 8.85. The number of likely N-dealkylation sites (tertiary alicyclic amines) is 1. The van der Waals surface area contributed by atoms with Gasteiger partial charge in [0.25, 0.3) is 0 Å². The minimum absolute atomic E-state index is 0. The van der Waals surface area contributed by atoms with Gasteiger partial charge in [-0.15, -0.1) is 12.4 Å². The molecule has 0 bridgehead atoms. The molecule has 2 nitrogen and oxygen atoms in total. The van der Waals surface area contributed by atoms with Crippen LogP contribution in [0, 0.1) is 11.7 Å². The van der Waals surface area contributed by atoms with E-state index in [-0.39, 0.29) is 12.4 Å². The first kappa shape index (κ1) is 20.2. The highest BCUT2D eigenvalue weighted by atomic mass is 35.5. The number of nitrogens with one attached hydrogen (secondary N) is 1. The topological polar surface area (TPSA) is 15.3 Å². The van der Waals surface area contributed by atoms with Gasteiger partial charge < -0.3 is 5.32 Å². The van der Waals surface area contributed by atoms with Gasteiger partial charge in [0.1, 0.15) is 5.82 Å². The van der Waals surface area contributed by atoms with Crippen LogP contribution in [0.3, 0.4) is 0 Å². The molecule has 0 unspecified atom stereocenters. The molecular formula is C16H23ClF4N2. The van der Waals surface area contributed by atoms with Crippen molar-refractivity contribution in [1.29, 1.82) is 0 Å². The van der Waals surface area contributed by atoms with Gasteiger partial charge in [-0.3, -0.25) is 4.90 Å². The van der Waals surface area contributed by atoms with Crippen molar-refractivity contribution in [2.24, 2.45) is 5.92 Å². The van der Waals surface area contributed by atoms with E-state index in [1.165, 1.54) is 6.07 Å². The normalized spacial score (nSPS) is 17.1. The molecular weight excluding hydrogens is 332 g/mol. The lowest BCUT2D eigenvalue weighted by Gasteiger charge is -2.32. The fraction of sp³-hybridized carbons (Fsp3) is 0.625. The zero-order chi connectivity index (χ0) is 16.2. The van der Waals surface area contributed by atoms with Crippen LogP contribution >= 0.6 is 12.4 Å². The van der Waals surface area contributed by atoms with Crippen LogP contribution in [0.2, 0.25) is 0 Å². The highest BCUT2D eigenvalue weighted by Crippen LogP contribution is 2.31. The molecule has 1 fully saturated rings. The van der Waals surface area contributed by atoms with Crippen LogP contribution in [0.15, 0.2) is 18.2 Å². The van der Waals surface area contributed by atoms with Crippen molar-refractivity contribution in [2.75, 3.05) is 26.7 Å². The minimum Gasteiger partial charge on any atom is -0.320 e. The van der Waals surface area contributed by atoms with Crippen LogP contribution in [0.25, 0.3) is 0 Å². The summed E-state index contributed by atoms with van der Waals surface area (Å²) in [5.74, 6) is -0.157. The molecule has 132 valence electrons. The SMILES string of the molecule is CNCCC1CCN(Cc2cc(F)cc(C(F)(F)F)c2)CC1.Cl. The van der Waals surface area contributed by atoms with Crippen molar-refractivity contribution in [2.45, 2.75) is 32.0 Å². The highest BCUT2D eigenvalue weighted by Gasteiger charge is 2.31. The third kappa shape index (κ3) is 6.28. The van der Waals surface area contributed by atoms with Crippen molar-refractivity contribution in [3.63, 3.8) is 0 Å². The molecule has 0 radical (unpaired) electrons. The highest BCUT2D eigenvalue weighted by molar-refractivity contribution is 5.85. The predicted molar refractivity (Wildman–Crippen MR) is 85.2 cm³/mol. The van der Waals surface area contributed by atoms with Crippen LogP contribution in [0.4, 0.5) is 17.6 Å². The van der Waals surface area contributed by atoms with E-state index in [9.17, 15) is 17.6 Å². The van der Waals surface area contributed by atoms with E-state index in [0.717, 1.165) is 45.0 Å². The van der Waals surface area contributed by atoms with Gasteiger partial charge in [-0.1, -0.05) is 0 Å². The lowest BCUT2D eigenvalue weighted by Crippen LogP contribution is -2.34. The third-order valence-electron chi connectivity index (χ3n) is 4.20. The van der Waals surface area contributed by atoms with Crippen LogP contribution in [-0.2, 0) is 12.7 Å². The van der Waals surface area contributed by atoms with Crippen LogP contribution in [-0.4, -0.2) is 31.6 Å². The number of hydrogen-bond acceptors (Lipinski definition) is 2. The first-order valence-electron chi connectivity index (χ1n) is 7.62. The maximum Gasteiger partial charge on any atom is 0.416 e. The summed E-state index contributed by atoms with van der Waals surface area (Å²) < 4.78 is 51.5. The number of benzene rings is 1. The van der Waals surface area contributed by atoms with Gasteiger partial charge in [-0.2, -0.15) is 13.2 Å². The number of rotatable bonds is 5. The second-order valence-electron chi connectivity index (χ2n) is 5.96. The van der Waals surface area contributed by atoms with Gasteiger partial charge in [0.05, 0.1) is 5.56 Å². The molecule has 0 aromatic heterocycles. The molecule has 1 aliphatic rings. The molecule has 0 spiro atoms. The summed E-state index contributed by atoms with van der Waals surface area (Å²) in [4.78, 5) is 2.10. The Kier molecular flexibility index (Phi) is 7.77. The standard InChI is InChI=1S/C16H22F4N2.ClH/c1-21-5-2-12-3-6-22(7-4-12)11-13-8-14(16(18,19)20)10-15(17)9-13;/h8-10,12,21H,2-7,11H2,1H3;1H. The fourth-order valence-electron chi connectivity index (χ4n) is 2.95. The number of piperidine rings is 1. The van der Waals surface area contributed by atoms with E-state index >= 15 is 0 Å². The zero-order valence-electron chi connectivity index (χ0n) is 13.1. The Balaban J connectivity index is 0.00000264. The van der Waals surface area contributed by atoms with Gasteiger partial charge in [0.2, 0.25) is 0 Å². The molecule has 1 heterocycles. The smallest absolute Gasteiger partial charge is 0.320 e. The van der Waals surface area contributed by atoms with E-state index in [1.807, 2.05) is 7.05 Å².